The van der Waals surface area contributed by atoms with Crippen molar-refractivity contribution in [2.24, 2.45) is 5.92 Å². The summed E-state index contributed by atoms with van der Waals surface area (Å²) >= 11 is 0. The van der Waals surface area contributed by atoms with Gasteiger partial charge in [0.2, 0.25) is 5.91 Å². The number of piperidine rings is 1. The molecular weight excluding hydrogens is 340 g/mol. The molecule has 2 aromatic rings. The Kier molecular flexibility index (Phi) is 6.90. The van der Waals surface area contributed by atoms with Crippen LogP contribution in [0.2, 0.25) is 0 Å². The Bertz CT molecular complexity index is 677. The summed E-state index contributed by atoms with van der Waals surface area (Å²) in [4.78, 5) is 13.0. The normalized spacial score (nSPS) is 21.2. The number of benzene rings is 1. The van der Waals surface area contributed by atoms with E-state index in [0.717, 1.165) is 25.1 Å². The van der Waals surface area contributed by atoms with Gasteiger partial charge in [-0.2, -0.15) is 0 Å². The Balaban J connectivity index is 0.00000225. The molecule has 7 nitrogen and oxygen atoms in total. The standard InChI is InChI=1S/C17H24N6O.ClH/c1-12-11-18-9-8-15(12)19-17(24)16(23-13(2)20-21-22-23)10-14-6-4-3-5-7-14;/h3-7,12,15-16,18H,8-11H2,1-2H3,(H,19,24);1H. The van der Waals surface area contributed by atoms with Crippen molar-refractivity contribution in [1.82, 2.24) is 30.8 Å². The first-order valence-corrected chi connectivity index (χ1v) is 8.44. The number of carbonyl (C=O) groups is 1. The summed E-state index contributed by atoms with van der Waals surface area (Å²) in [6, 6.07) is 9.72. The fraction of sp³-hybridized carbons (Fsp3) is 0.529. The summed E-state index contributed by atoms with van der Waals surface area (Å²) in [6.45, 7) is 5.84. The minimum atomic E-state index is -0.440. The lowest BCUT2D eigenvalue weighted by Gasteiger charge is -2.31. The van der Waals surface area contributed by atoms with Crippen LogP contribution in [0.4, 0.5) is 0 Å². The smallest absolute Gasteiger partial charge is 0.245 e. The molecule has 0 bridgehead atoms. The highest BCUT2D eigenvalue weighted by Gasteiger charge is 2.29. The maximum Gasteiger partial charge on any atom is 0.245 e. The number of aryl methyl sites for hydroxylation is 1. The van der Waals surface area contributed by atoms with Crippen molar-refractivity contribution in [2.75, 3.05) is 13.1 Å². The first-order chi connectivity index (χ1) is 11.6. The zero-order valence-electron chi connectivity index (χ0n) is 14.6. The van der Waals surface area contributed by atoms with Crippen molar-refractivity contribution in [2.45, 2.75) is 38.8 Å². The van der Waals surface area contributed by atoms with Crippen molar-refractivity contribution >= 4 is 18.3 Å². The second kappa shape index (κ2) is 8.92. The van der Waals surface area contributed by atoms with Crippen molar-refractivity contribution in [3.8, 4) is 0 Å². The fourth-order valence-electron chi connectivity index (χ4n) is 3.16. The second-order valence-corrected chi connectivity index (χ2v) is 6.46. The van der Waals surface area contributed by atoms with Crippen molar-refractivity contribution in [1.29, 1.82) is 0 Å². The van der Waals surface area contributed by atoms with E-state index in [0.29, 0.717) is 18.2 Å². The minimum absolute atomic E-state index is 0. The summed E-state index contributed by atoms with van der Waals surface area (Å²) in [5, 5.41) is 18.2. The van der Waals surface area contributed by atoms with Crippen molar-refractivity contribution in [3.63, 3.8) is 0 Å². The molecule has 3 rings (SSSR count). The van der Waals surface area contributed by atoms with E-state index >= 15 is 0 Å². The van der Waals surface area contributed by atoms with Crippen LogP contribution in [-0.4, -0.2) is 45.2 Å². The summed E-state index contributed by atoms with van der Waals surface area (Å²) in [5.41, 5.74) is 1.09. The molecule has 1 fully saturated rings. The highest BCUT2D eigenvalue weighted by Crippen LogP contribution is 2.17. The number of hydrogen-bond donors (Lipinski definition) is 2. The zero-order chi connectivity index (χ0) is 16.9. The van der Waals surface area contributed by atoms with Crippen LogP contribution in [0.5, 0.6) is 0 Å². The molecule has 1 saturated heterocycles. The lowest BCUT2D eigenvalue weighted by Crippen LogP contribution is -2.50. The quantitative estimate of drug-likeness (QED) is 0.835. The number of carbonyl (C=O) groups excluding carboxylic acids is 1. The predicted molar refractivity (Wildman–Crippen MR) is 97.6 cm³/mol. The first kappa shape index (κ1) is 19.3. The van der Waals surface area contributed by atoms with Gasteiger partial charge in [-0.1, -0.05) is 37.3 Å². The van der Waals surface area contributed by atoms with Gasteiger partial charge in [0.15, 0.2) is 0 Å². The van der Waals surface area contributed by atoms with Gasteiger partial charge in [0.1, 0.15) is 11.9 Å². The maximum atomic E-state index is 13.0. The predicted octanol–water partition coefficient (Wildman–Crippen LogP) is 1.30. The van der Waals surface area contributed by atoms with Crippen LogP contribution >= 0.6 is 12.4 Å². The number of hydrogen-bond acceptors (Lipinski definition) is 5. The molecule has 25 heavy (non-hydrogen) atoms. The van der Waals surface area contributed by atoms with Crippen molar-refractivity contribution in [3.05, 3.63) is 41.7 Å². The third kappa shape index (κ3) is 4.76. The van der Waals surface area contributed by atoms with Crippen LogP contribution in [-0.2, 0) is 11.2 Å². The zero-order valence-corrected chi connectivity index (χ0v) is 15.4. The molecule has 3 unspecified atom stereocenters. The van der Waals surface area contributed by atoms with Crippen LogP contribution in [0.1, 0.15) is 30.8 Å². The summed E-state index contributed by atoms with van der Waals surface area (Å²) < 4.78 is 1.62. The molecule has 0 aliphatic carbocycles. The van der Waals surface area contributed by atoms with Gasteiger partial charge in [-0.05, 0) is 48.3 Å². The molecule has 0 spiro atoms. The lowest BCUT2D eigenvalue weighted by molar-refractivity contribution is -0.126. The van der Waals surface area contributed by atoms with Gasteiger partial charge in [0, 0.05) is 12.5 Å². The molecule has 1 aromatic carbocycles. The van der Waals surface area contributed by atoms with E-state index in [2.05, 4.69) is 33.1 Å². The first-order valence-electron chi connectivity index (χ1n) is 8.44. The highest BCUT2D eigenvalue weighted by atomic mass is 35.5. The fourth-order valence-corrected chi connectivity index (χ4v) is 3.16. The summed E-state index contributed by atoms with van der Waals surface area (Å²) in [5.74, 6) is 1.03. The van der Waals surface area contributed by atoms with Gasteiger partial charge < -0.3 is 10.6 Å². The van der Waals surface area contributed by atoms with Crippen LogP contribution in [0.15, 0.2) is 30.3 Å². The van der Waals surface area contributed by atoms with Gasteiger partial charge in [-0.25, -0.2) is 4.68 Å². The SMILES string of the molecule is Cc1nnnn1C(Cc1ccccc1)C(=O)NC1CCNCC1C.Cl. The molecule has 136 valence electrons. The Morgan fingerprint density at radius 3 is 2.80 bits per heavy atom. The van der Waals surface area contributed by atoms with E-state index in [1.165, 1.54) is 0 Å². The van der Waals surface area contributed by atoms with Gasteiger partial charge in [-0.15, -0.1) is 17.5 Å². The van der Waals surface area contributed by atoms with E-state index in [1.807, 2.05) is 37.3 Å². The van der Waals surface area contributed by atoms with E-state index in [1.54, 1.807) is 4.68 Å². The number of aromatic nitrogens is 4. The number of nitrogens with one attached hydrogen (secondary N) is 2. The molecule has 2 heterocycles. The maximum absolute atomic E-state index is 13.0. The molecule has 0 saturated carbocycles. The Labute approximate surface area is 154 Å². The number of nitrogens with zero attached hydrogens (tertiary/aromatic N) is 4. The third-order valence-corrected chi connectivity index (χ3v) is 4.64. The van der Waals surface area contributed by atoms with E-state index in [-0.39, 0.29) is 24.4 Å². The molecule has 1 amide bonds. The largest absolute Gasteiger partial charge is 0.351 e. The second-order valence-electron chi connectivity index (χ2n) is 6.46. The molecule has 1 aromatic heterocycles. The molecule has 8 heteroatoms. The monoisotopic (exact) mass is 364 g/mol. The van der Waals surface area contributed by atoms with E-state index in [9.17, 15) is 4.79 Å². The Morgan fingerprint density at radius 1 is 1.40 bits per heavy atom. The Morgan fingerprint density at radius 2 is 2.16 bits per heavy atom. The number of rotatable bonds is 5. The summed E-state index contributed by atoms with van der Waals surface area (Å²) in [7, 11) is 0. The van der Waals surface area contributed by atoms with Crippen molar-refractivity contribution < 1.29 is 4.79 Å². The Hall–Kier alpha value is -1.99. The van der Waals surface area contributed by atoms with Gasteiger partial charge in [0.05, 0.1) is 0 Å². The molecule has 0 radical (unpaired) electrons. The van der Waals surface area contributed by atoms with Gasteiger partial charge in [-0.3, -0.25) is 4.79 Å². The number of tetrazole rings is 1. The van der Waals surface area contributed by atoms with E-state index in [4.69, 9.17) is 0 Å². The highest BCUT2D eigenvalue weighted by molar-refractivity contribution is 5.85. The number of halogens is 1. The van der Waals surface area contributed by atoms with Gasteiger partial charge in [0.25, 0.3) is 0 Å². The average molecular weight is 365 g/mol. The molecular formula is C17H25ClN6O. The average Bonchev–Trinajstić information content (AvgIpc) is 3.01. The molecule has 3 atom stereocenters. The number of amides is 1. The molecule has 1 aliphatic rings. The van der Waals surface area contributed by atoms with Crippen LogP contribution < -0.4 is 10.6 Å². The third-order valence-electron chi connectivity index (χ3n) is 4.64. The van der Waals surface area contributed by atoms with E-state index < -0.39 is 6.04 Å². The summed E-state index contributed by atoms with van der Waals surface area (Å²) in [6.07, 6.45) is 1.51. The molecule has 2 N–H and O–H groups in total. The molecule has 1 aliphatic heterocycles. The lowest BCUT2D eigenvalue weighted by atomic mass is 9.94. The van der Waals surface area contributed by atoms with Crippen LogP contribution in [0, 0.1) is 12.8 Å². The van der Waals surface area contributed by atoms with Crippen LogP contribution in [0.3, 0.4) is 0 Å². The minimum Gasteiger partial charge on any atom is -0.351 e. The van der Waals surface area contributed by atoms with Gasteiger partial charge >= 0.3 is 0 Å². The van der Waals surface area contributed by atoms with Crippen LogP contribution in [0.25, 0.3) is 0 Å². The topological polar surface area (TPSA) is 84.7 Å².